The third kappa shape index (κ3) is 1.45. The monoisotopic (exact) mass is 259 g/mol. The van der Waals surface area contributed by atoms with Crippen molar-refractivity contribution in [2.75, 3.05) is 0 Å². The molecule has 0 heterocycles. The van der Waals surface area contributed by atoms with Gasteiger partial charge in [0.1, 0.15) is 0 Å². The van der Waals surface area contributed by atoms with Gasteiger partial charge in [0.2, 0.25) is 5.78 Å². The first-order valence-electron chi connectivity index (χ1n) is 6.81. The molecular formula is C18H13NO. The number of rotatable bonds is 0. The zero-order chi connectivity index (χ0) is 13.7. The van der Waals surface area contributed by atoms with Gasteiger partial charge in [-0.3, -0.25) is 4.79 Å². The third-order valence-electron chi connectivity index (χ3n) is 4.18. The maximum absolute atomic E-state index is 12.1. The number of hydrogen-bond donors (Lipinski definition) is 1. The first-order valence-corrected chi connectivity index (χ1v) is 6.81. The predicted octanol–water partition coefficient (Wildman–Crippen LogP) is 4.14. The molecule has 0 saturated heterocycles. The van der Waals surface area contributed by atoms with Crippen molar-refractivity contribution in [1.82, 2.24) is 0 Å². The van der Waals surface area contributed by atoms with Crippen LogP contribution in [0.4, 0.5) is 0 Å². The normalized spacial score (nSPS) is 14.8. The summed E-state index contributed by atoms with van der Waals surface area (Å²) in [6, 6.07) is 16.4. The summed E-state index contributed by atoms with van der Waals surface area (Å²) in [6.07, 6.45) is 1.34. The van der Waals surface area contributed by atoms with Gasteiger partial charge >= 0.3 is 0 Å². The molecule has 0 spiro atoms. The van der Waals surface area contributed by atoms with Crippen molar-refractivity contribution in [3.63, 3.8) is 0 Å². The Morgan fingerprint density at radius 3 is 2.50 bits per heavy atom. The van der Waals surface area contributed by atoms with E-state index in [1.807, 2.05) is 24.3 Å². The van der Waals surface area contributed by atoms with Gasteiger partial charge in [-0.15, -0.1) is 0 Å². The molecular weight excluding hydrogens is 246 g/mol. The fourth-order valence-electron chi connectivity index (χ4n) is 3.16. The van der Waals surface area contributed by atoms with Crippen molar-refractivity contribution in [3.05, 3.63) is 59.7 Å². The van der Waals surface area contributed by atoms with Crippen LogP contribution in [0.3, 0.4) is 0 Å². The molecule has 0 bridgehead atoms. The van der Waals surface area contributed by atoms with Crippen molar-refractivity contribution < 1.29 is 4.79 Å². The molecule has 0 unspecified atom stereocenters. The molecule has 0 radical (unpaired) electrons. The number of benzene rings is 3. The minimum absolute atomic E-state index is 0.110. The van der Waals surface area contributed by atoms with E-state index >= 15 is 0 Å². The summed E-state index contributed by atoms with van der Waals surface area (Å²) in [4.78, 5) is 12.1. The van der Waals surface area contributed by atoms with Crippen LogP contribution in [-0.4, -0.2) is 11.5 Å². The smallest absolute Gasteiger partial charge is 0.206 e. The summed E-state index contributed by atoms with van der Waals surface area (Å²) in [5.74, 6) is -0.110. The molecule has 3 aromatic rings. The summed E-state index contributed by atoms with van der Waals surface area (Å²) >= 11 is 0. The second-order valence-corrected chi connectivity index (χ2v) is 5.28. The molecule has 1 N–H and O–H groups in total. The Morgan fingerprint density at radius 2 is 1.60 bits per heavy atom. The summed E-state index contributed by atoms with van der Waals surface area (Å²) in [7, 11) is 0. The van der Waals surface area contributed by atoms with Crippen molar-refractivity contribution in [1.29, 1.82) is 5.41 Å². The Kier molecular flexibility index (Phi) is 2.27. The van der Waals surface area contributed by atoms with Crippen LogP contribution in [0.25, 0.3) is 21.5 Å². The Bertz CT molecular complexity index is 892. The van der Waals surface area contributed by atoms with Gasteiger partial charge in [-0.2, -0.15) is 0 Å². The average molecular weight is 259 g/mol. The number of carbonyl (C=O) groups is 1. The van der Waals surface area contributed by atoms with Crippen LogP contribution >= 0.6 is 0 Å². The van der Waals surface area contributed by atoms with Crippen molar-refractivity contribution in [3.8, 4) is 0 Å². The van der Waals surface area contributed by atoms with Gasteiger partial charge in [0.15, 0.2) is 0 Å². The van der Waals surface area contributed by atoms with E-state index in [-0.39, 0.29) is 11.5 Å². The Labute approximate surface area is 116 Å². The Hall–Kier alpha value is -2.48. The lowest BCUT2D eigenvalue weighted by Gasteiger charge is -2.18. The van der Waals surface area contributed by atoms with Crippen LogP contribution in [0, 0.1) is 5.41 Å². The van der Waals surface area contributed by atoms with Crippen LogP contribution in [0.15, 0.2) is 48.5 Å². The van der Waals surface area contributed by atoms with Gasteiger partial charge in [0, 0.05) is 5.56 Å². The van der Waals surface area contributed by atoms with Gasteiger partial charge in [0.05, 0.1) is 5.71 Å². The number of ketones is 1. The fraction of sp³-hybridized carbons (Fsp3) is 0.111. The van der Waals surface area contributed by atoms with E-state index in [9.17, 15) is 4.79 Å². The topological polar surface area (TPSA) is 40.9 Å². The van der Waals surface area contributed by atoms with Crippen LogP contribution in [-0.2, 0) is 6.42 Å². The lowest BCUT2D eigenvalue weighted by atomic mass is 9.85. The van der Waals surface area contributed by atoms with E-state index in [1.165, 1.54) is 16.2 Å². The molecule has 0 saturated carbocycles. The molecule has 96 valence electrons. The fourth-order valence-corrected chi connectivity index (χ4v) is 3.16. The minimum atomic E-state index is -0.110. The second-order valence-electron chi connectivity index (χ2n) is 5.28. The standard InChI is InChI=1S/C18H13NO/c19-17-10-9-15-14-6-5-11-3-1-2-4-12(11)13(14)7-8-16(15)18(17)20/h1-8,19H,9-10H2. The highest BCUT2D eigenvalue weighted by Gasteiger charge is 2.23. The highest BCUT2D eigenvalue weighted by molar-refractivity contribution is 6.46. The molecule has 2 nitrogen and oxygen atoms in total. The minimum Gasteiger partial charge on any atom is -0.301 e. The third-order valence-corrected chi connectivity index (χ3v) is 4.18. The zero-order valence-electron chi connectivity index (χ0n) is 10.9. The number of fused-ring (bicyclic) bond motifs is 5. The van der Waals surface area contributed by atoms with Crippen LogP contribution in [0.5, 0.6) is 0 Å². The highest BCUT2D eigenvalue weighted by Crippen LogP contribution is 2.32. The molecule has 0 fully saturated rings. The van der Waals surface area contributed by atoms with Gasteiger partial charge in [0.25, 0.3) is 0 Å². The van der Waals surface area contributed by atoms with Gasteiger partial charge in [-0.25, -0.2) is 0 Å². The van der Waals surface area contributed by atoms with Crippen LogP contribution in [0.1, 0.15) is 22.3 Å². The molecule has 1 aliphatic carbocycles. The Morgan fingerprint density at radius 1 is 0.800 bits per heavy atom. The van der Waals surface area contributed by atoms with E-state index < -0.39 is 0 Å². The largest absolute Gasteiger partial charge is 0.301 e. The highest BCUT2D eigenvalue weighted by atomic mass is 16.1. The van der Waals surface area contributed by atoms with E-state index in [4.69, 9.17) is 5.41 Å². The summed E-state index contributed by atoms with van der Waals surface area (Å²) in [6.45, 7) is 0. The first-order chi connectivity index (χ1) is 9.75. The quantitative estimate of drug-likeness (QED) is 0.605. The van der Waals surface area contributed by atoms with Gasteiger partial charge < -0.3 is 5.41 Å². The summed E-state index contributed by atoms with van der Waals surface area (Å²) in [5.41, 5.74) is 2.05. The molecule has 3 aromatic carbocycles. The lowest BCUT2D eigenvalue weighted by Crippen LogP contribution is -2.21. The molecule has 0 amide bonds. The molecule has 2 heteroatoms. The average Bonchev–Trinajstić information content (AvgIpc) is 2.50. The molecule has 0 atom stereocenters. The van der Waals surface area contributed by atoms with Crippen LogP contribution < -0.4 is 0 Å². The lowest BCUT2D eigenvalue weighted by molar-refractivity contribution is 0.105. The van der Waals surface area contributed by atoms with Gasteiger partial charge in [-0.05, 0) is 39.9 Å². The van der Waals surface area contributed by atoms with Crippen molar-refractivity contribution >= 4 is 33.0 Å². The summed E-state index contributed by atoms with van der Waals surface area (Å²) < 4.78 is 0. The first kappa shape index (κ1) is 11.4. The van der Waals surface area contributed by atoms with Crippen molar-refractivity contribution in [2.45, 2.75) is 12.8 Å². The maximum atomic E-state index is 12.1. The predicted molar refractivity (Wildman–Crippen MR) is 81.8 cm³/mol. The second kappa shape index (κ2) is 4.01. The van der Waals surface area contributed by atoms with Crippen molar-refractivity contribution in [2.24, 2.45) is 0 Å². The molecule has 4 rings (SSSR count). The maximum Gasteiger partial charge on any atom is 0.206 e. The number of aryl methyl sites for hydroxylation is 1. The van der Waals surface area contributed by atoms with E-state index in [0.717, 1.165) is 17.4 Å². The zero-order valence-corrected chi connectivity index (χ0v) is 10.9. The number of hydrogen-bond acceptors (Lipinski definition) is 2. The number of nitrogens with one attached hydrogen (secondary N) is 1. The Balaban J connectivity index is 2.13. The molecule has 0 aliphatic heterocycles. The van der Waals surface area contributed by atoms with Gasteiger partial charge in [-0.1, -0.05) is 48.5 Å². The molecule has 20 heavy (non-hydrogen) atoms. The molecule has 1 aliphatic rings. The van der Waals surface area contributed by atoms with Crippen LogP contribution in [0.2, 0.25) is 0 Å². The SMILES string of the molecule is N=C1CCc2c(ccc3c2ccc2ccccc23)C1=O. The van der Waals surface area contributed by atoms with E-state index in [0.29, 0.717) is 12.0 Å². The van der Waals surface area contributed by atoms with E-state index in [1.54, 1.807) is 0 Å². The van der Waals surface area contributed by atoms with E-state index in [2.05, 4.69) is 24.3 Å². The molecule has 0 aromatic heterocycles. The number of Topliss-reactive ketones (excluding diaryl/α,β-unsaturated/α-hetero) is 1. The number of carbonyl (C=O) groups excluding carboxylic acids is 1. The summed E-state index contributed by atoms with van der Waals surface area (Å²) in [5, 5.41) is 12.5.